The van der Waals surface area contributed by atoms with Crippen molar-refractivity contribution < 1.29 is 4.74 Å². The Morgan fingerprint density at radius 2 is 1.83 bits per heavy atom. The first-order valence-corrected chi connectivity index (χ1v) is 8.28. The van der Waals surface area contributed by atoms with E-state index in [1.54, 1.807) is 6.07 Å². The van der Waals surface area contributed by atoms with Gasteiger partial charge in [0.1, 0.15) is 5.82 Å². The Morgan fingerprint density at radius 1 is 1.04 bits per heavy atom. The monoisotopic (exact) mass is 320 g/mol. The van der Waals surface area contributed by atoms with Crippen molar-refractivity contribution in [1.82, 2.24) is 4.98 Å². The molecule has 4 nitrogen and oxygen atoms in total. The fraction of sp³-hybridized carbons (Fsp3) is 0.250. The van der Waals surface area contributed by atoms with Crippen LogP contribution in [-0.2, 0) is 4.74 Å². The van der Waals surface area contributed by atoms with Crippen molar-refractivity contribution in [3.63, 3.8) is 0 Å². The molecule has 0 saturated carbocycles. The Morgan fingerprint density at radius 3 is 2.62 bits per heavy atom. The van der Waals surface area contributed by atoms with Gasteiger partial charge >= 0.3 is 0 Å². The van der Waals surface area contributed by atoms with Gasteiger partial charge in [0, 0.05) is 30.1 Å². The summed E-state index contributed by atoms with van der Waals surface area (Å²) in [6.07, 6.45) is 0. The van der Waals surface area contributed by atoms with Crippen LogP contribution in [0.1, 0.15) is 5.56 Å². The molecule has 0 atom stereocenters. The summed E-state index contributed by atoms with van der Waals surface area (Å²) in [7, 11) is 0. The van der Waals surface area contributed by atoms with E-state index in [2.05, 4.69) is 41.1 Å². The number of morpholine rings is 1. The second kappa shape index (κ2) is 6.13. The highest BCUT2D eigenvalue weighted by atomic mass is 16.5. The molecular weight excluding hydrogens is 300 g/mol. The highest BCUT2D eigenvalue weighted by Crippen LogP contribution is 2.28. The third-order valence-electron chi connectivity index (χ3n) is 4.53. The van der Waals surface area contributed by atoms with Crippen LogP contribution in [0.5, 0.6) is 0 Å². The van der Waals surface area contributed by atoms with Crippen molar-refractivity contribution >= 4 is 16.7 Å². The van der Waals surface area contributed by atoms with Gasteiger partial charge in [0.15, 0.2) is 5.43 Å². The average molecular weight is 320 g/mol. The van der Waals surface area contributed by atoms with E-state index in [1.807, 2.05) is 18.2 Å². The van der Waals surface area contributed by atoms with Crippen molar-refractivity contribution in [3.05, 3.63) is 64.3 Å². The second-order valence-electron chi connectivity index (χ2n) is 6.22. The molecule has 0 aliphatic carbocycles. The third-order valence-corrected chi connectivity index (χ3v) is 4.53. The van der Waals surface area contributed by atoms with Gasteiger partial charge < -0.3 is 14.6 Å². The van der Waals surface area contributed by atoms with E-state index in [0.717, 1.165) is 40.9 Å². The smallest absolute Gasteiger partial charge is 0.191 e. The normalized spacial score (nSPS) is 15.0. The number of benzene rings is 2. The van der Waals surface area contributed by atoms with E-state index in [0.29, 0.717) is 13.2 Å². The summed E-state index contributed by atoms with van der Waals surface area (Å²) in [5.41, 5.74) is 4.34. The average Bonchev–Trinajstić information content (AvgIpc) is 2.62. The number of aryl methyl sites for hydroxylation is 1. The molecule has 0 spiro atoms. The first-order chi connectivity index (χ1) is 11.7. The van der Waals surface area contributed by atoms with Crippen molar-refractivity contribution in [2.24, 2.45) is 0 Å². The lowest BCUT2D eigenvalue weighted by molar-refractivity contribution is 0.122. The largest absolute Gasteiger partial charge is 0.378 e. The van der Waals surface area contributed by atoms with Gasteiger partial charge in [-0.1, -0.05) is 42.0 Å². The molecule has 1 aliphatic rings. The summed E-state index contributed by atoms with van der Waals surface area (Å²) in [6.45, 7) is 5.07. The van der Waals surface area contributed by atoms with Crippen LogP contribution in [0.3, 0.4) is 0 Å². The van der Waals surface area contributed by atoms with E-state index in [1.165, 1.54) is 5.56 Å². The van der Waals surface area contributed by atoms with Crippen LogP contribution < -0.4 is 10.3 Å². The molecule has 24 heavy (non-hydrogen) atoms. The van der Waals surface area contributed by atoms with Gasteiger partial charge in [0.25, 0.3) is 0 Å². The number of hydrogen-bond acceptors (Lipinski definition) is 3. The zero-order chi connectivity index (χ0) is 16.5. The fourth-order valence-corrected chi connectivity index (χ4v) is 3.29. The number of nitrogens with one attached hydrogen (secondary N) is 1. The second-order valence-corrected chi connectivity index (χ2v) is 6.22. The maximum atomic E-state index is 12.6. The van der Waals surface area contributed by atoms with Crippen LogP contribution >= 0.6 is 0 Å². The van der Waals surface area contributed by atoms with Crippen molar-refractivity contribution in [2.45, 2.75) is 6.92 Å². The number of aromatic amines is 1. The van der Waals surface area contributed by atoms with Crippen LogP contribution in [-0.4, -0.2) is 31.3 Å². The molecule has 3 aromatic rings. The fourth-order valence-electron chi connectivity index (χ4n) is 3.29. The van der Waals surface area contributed by atoms with Crippen LogP contribution in [0.15, 0.2) is 53.3 Å². The first-order valence-electron chi connectivity index (χ1n) is 8.28. The van der Waals surface area contributed by atoms with Gasteiger partial charge in [0.2, 0.25) is 0 Å². The predicted octanol–water partition coefficient (Wildman–Crippen LogP) is 3.34. The number of pyridine rings is 1. The zero-order valence-electron chi connectivity index (χ0n) is 13.7. The maximum absolute atomic E-state index is 12.6. The predicted molar refractivity (Wildman–Crippen MR) is 97.8 cm³/mol. The van der Waals surface area contributed by atoms with Gasteiger partial charge in [-0.2, -0.15) is 0 Å². The SMILES string of the molecule is Cc1cccc(-c2cccc3c(=O)cc(N4CCOCC4)[nH]c23)c1. The van der Waals surface area contributed by atoms with E-state index in [4.69, 9.17) is 4.74 Å². The molecule has 0 radical (unpaired) electrons. The summed E-state index contributed by atoms with van der Waals surface area (Å²) in [6, 6.07) is 16.0. The summed E-state index contributed by atoms with van der Waals surface area (Å²) < 4.78 is 5.41. The van der Waals surface area contributed by atoms with E-state index >= 15 is 0 Å². The van der Waals surface area contributed by atoms with Crippen molar-refractivity contribution in [2.75, 3.05) is 31.2 Å². The summed E-state index contributed by atoms with van der Waals surface area (Å²) in [5, 5.41) is 0.728. The van der Waals surface area contributed by atoms with Crippen LogP contribution in [0.2, 0.25) is 0 Å². The highest BCUT2D eigenvalue weighted by molar-refractivity contribution is 5.94. The molecule has 1 aliphatic heterocycles. The number of fused-ring (bicyclic) bond motifs is 1. The van der Waals surface area contributed by atoms with E-state index in [-0.39, 0.29) is 5.43 Å². The molecule has 4 heteroatoms. The minimum Gasteiger partial charge on any atom is -0.378 e. The number of hydrogen-bond donors (Lipinski definition) is 1. The number of ether oxygens (including phenoxy) is 1. The van der Waals surface area contributed by atoms with Gasteiger partial charge in [-0.15, -0.1) is 0 Å². The maximum Gasteiger partial charge on any atom is 0.191 e. The van der Waals surface area contributed by atoms with Crippen molar-refractivity contribution in [1.29, 1.82) is 0 Å². The molecule has 122 valence electrons. The summed E-state index contributed by atoms with van der Waals surface area (Å²) in [4.78, 5) is 18.3. The first kappa shape index (κ1) is 15.0. The molecule has 1 aromatic heterocycles. The van der Waals surface area contributed by atoms with Crippen LogP contribution in [0.4, 0.5) is 5.82 Å². The third kappa shape index (κ3) is 2.69. The Balaban J connectivity index is 1.91. The summed E-state index contributed by atoms with van der Waals surface area (Å²) in [5.74, 6) is 0.871. The molecule has 0 unspecified atom stereocenters. The topological polar surface area (TPSA) is 45.3 Å². The van der Waals surface area contributed by atoms with Gasteiger partial charge in [0.05, 0.1) is 18.7 Å². The Kier molecular flexibility index (Phi) is 3.82. The Labute approximate surface area is 140 Å². The van der Waals surface area contributed by atoms with Gasteiger partial charge in [-0.25, -0.2) is 0 Å². The number of H-pyrrole nitrogens is 1. The molecule has 1 fully saturated rings. The Hall–Kier alpha value is -2.59. The summed E-state index contributed by atoms with van der Waals surface area (Å²) >= 11 is 0. The lowest BCUT2D eigenvalue weighted by atomic mass is 10.0. The molecule has 2 heterocycles. The van der Waals surface area contributed by atoms with Crippen LogP contribution in [0.25, 0.3) is 22.0 Å². The number of aromatic nitrogens is 1. The molecule has 4 rings (SSSR count). The molecular formula is C20H20N2O2. The number of nitrogens with zero attached hydrogens (tertiary/aromatic N) is 1. The zero-order valence-corrected chi connectivity index (χ0v) is 13.7. The molecule has 0 amide bonds. The lowest BCUT2D eigenvalue weighted by Crippen LogP contribution is -2.37. The highest BCUT2D eigenvalue weighted by Gasteiger charge is 2.15. The standard InChI is InChI=1S/C20H20N2O2/c1-14-4-2-5-15(12-14)16-6-3-7-17-18(23)13-19(21-20(16)17)22-8-10-24-11-9-22/h2-7,12-13H,8-11H2,1H3,(H,21,23). The lowest BCUT2D eigenvalue weighted by Gasteiger charge is -2.28. The molecule has 1 saturated heterocycles. The number of para-hydroxylation sites is 1. The molecule has 1 N–H and O–H groups in total. The van der Waals surface area contributed by atoms with Gasteiger partial charge in [-0.3, -0.25) is 4.79 Å². The quantitative estimate of drug-likeness (QED) is 0.788. The van der Waals surface area contributed by atoms with E-state index in [9.17, 15) is 4.79 Å². The molecule has 2 aromatic carbocycles. The van der Waals surface area contributed by atoms with Crippen LogP contribution in [0, 0.1) is 6.92 Å². The number of rotatable bonds is 2. The minimum absolute atomic E-state index is 0.0553. The van der Waals surface area contributed by atoms with Crippen molar-refractivity contribution in [3.8, 4) is 11.1 Å². The van der Waals surface area contributed by atoms with Gasteiger partial charge in [-0.05, 0) is 18.6 Å². The number of anilines is 1. The molecule has 0 bridgehead atoms. The minimum atomic E-state index is 0.0553. The van der Waals surface area contributed by atoms with E-state index < -0.39 is 0 Å². The Bertz CT molecular complexity index is 940.